The minimum atomic E-state index is -0.577. The molecule has 0 spiro atoms. The van der Waals surface area contributed by atoms with Gasteiger partial charge in [0.2, 0.25) is 0 Å². The number of thioether (sulfide) groups is 1. The van der Waals surface area contributed by atoms with Crippen LogP contribution in [-0.2, 0) is 14.3 Å². The quantitative estimate of drug-likeness (QED) is 0.383. The summed E-state index contributed by atoms with van der Waals surface area (Å²) in [5.74, 6) is 0.991. The molecule has 0 saturated heterocycles. The SMILES string of the molecule is CCOc1cc(C2C(C(=O)OCCSCC)=C(C)NC3=C2C(=O)CCC3)cc(Br)c1O. The van der Waals surface area contributed by atoms with Gasteiger partial charge in [-0.25, -0.2) is 4.79 Å². The number of benzene rings is 1. The molecule has 1 aromatic rings. The molecule has 0 radical (unpaired) electrons. The molecule has 1 aromatic carbocycles. The molecular formula is C23H28BrNO5S. The number of carbonyl (C=O) groups excluding carboxylic acids is 2. The maximum atomic E-state index is 13.1. The number of phenols is 1. The fraction of sp³-hybridized carbons (Fsp3) is 0.478. The summed E-state index contributed by atoms with van der Waals surface area (Å²) in [5.41, 5.74) is 3.28. The van der Waals surface area contributed by atoms with Crippen molar-refractivity contribution < 1.29 is 24.2 Å². The smallest absolute Gasteiger partial charge is 0.336 e. The van der Waals surface area contributed by atoms with Crippen LogP contribution in [0.25, 0.3) is 0 Å². The Hall–Kier alpha value is -1.93. The van der Waals surface area contributed by atoms with Crippen molar-refractivity contribution in [3.05, 3.63) is 44.7 Å². The van der Waals surface area contributed by atoms with Gasteiger partial charge >= 0.3 is 5.97 Å². The standard InChI is InChI=1S/C23H28BrNO5S/c1-4-29-18-12-14(11-15(24)22(18)27)20-19(23(28)30-9-10-31-5-2)13(3)25-16-7-6-8-17(26)21(16)20/h11-12,20,25,27H,4-10H2,1-3H3. The lowest BCUT2D eigenvalue weighted by Crippen LogP contribution is -2.34. The van der Waals surface area contributed by atoms with E-state index in [2.05, 4.69) is 28.2 Å². The van der Waals surface area contributed by atoms with Crippen molar-refractivity contribution in [1.29, 1.82) is 0 Å². The topological polar surface area (TPSA) is 84.9 Å². The van der Waals surface area contributed by atoms with E-state index >= 15 is 0 Å². The lowest BCUT2D eigenvalue weighted by atomic mass is 9.75. The first-order chi connectivity index (χ1) is 14.9. The van der Waals surface area contributed by atoms with E-state index in [1.165, 1.54) is 0 Å². The normalized spacial score (nSPS) is 18.6. The molecule has 1 aliphatic heterocycles. The van der Waals surface area contributed by atoms with Gasteiger partial charge in [-0.2, -0.15) is 11.8 Å². The third kappa shape index (κ3) is 5.12. The largest absolute Gasteiger partial charge is 0.503 e. The minimum Gasteiger partial charge on any atom is -0.503 e. The summed E-state index contributed by atoms with van der Waals surface area (Å²) < 4.78 is 11.6. The Balaban J connectivity index is 2.08. The van der Waals surface area contributed by atoms with E-state index in [0.29, 0.717) is 52.3 Å². The highest BCUT2D eigenvalue weighted by Gasteiger charge is 2.39. The van der Waals surface area contributed by atoms with Crippen molar-refractivity contribution in [1.82, 2.24) is 5.32 Å². The fourth-order valence-electron chi connectivity index (χ4n) is 4.03. The highest BCUT2D eigenvalue weighted by atomic mass is 79.9. The first kappa shape index (κ1) is 23.7. The van der Waals surface area contributed by atoms with Crippen LogP contribution < -0.4 is 10.1 Å². The Morgan fingerprint density at radius 3 is 2.81 bits per heavy atom. The number of hydrogen-bond donors (Lipinski definition) is 2. The number of halogens is 1. The Kier molecular flexibility index (Phi) is 8.11. The first-order valence-corrected chi connectivity index (χ1v) is 12.5. The number of esters is 1. The van der Waals surface area contributed by atoms with Gasteiger partial charge in [0.25, 0.3) is 0 Å². The summed E-state index contributed by atoms with van der Waals surface area (Å²) >= 11 is 5.09. The second-order valence-corrected chi connectivity index (χ2v) is 9.63. The maximum absolute atomic E-state index is 13.1. The number of hydrogen-bond acceptors (Lipinski definition) is 7. The van der Waals surface area contributed by atoms with Gasteiger partial charge < -0.3 is 19.9 Å². The molecular weight excluding hydrogens is 482 g/mol. The molecule has 0 aromatic heterocycles. The second-order valence-electron chi connectivity index (χ2n) is 7.38. The number of carbonyl (C=O) groups is 2. The number of nitrogens with one attached hydrogen (secondary N) is 1. The summed E-state index contributed by atoms with van der Waals surface area (Å²) in [6.07, 6.45) is 1.98. The Morgan fingerprint density at radius 1 is 1.32 bits per heavy atom. The summed E-state index contributed by atoms with van der Waals surface area (Å²) in [6.45, 7) is 6.41. The number of phenolic OH excluding ortho intramolecular Hbond substituents is 1. The maximum Gasteiger partial charge on any atom is 0.336 e. The molecule has 8 heteroatoms. The lowest BCUT2D eigenvalue weighted by Gasteiger charge is -2.34. The van der Waals surface area contributed by atoms with Crippen LogP contribution in [0.3, 0.4) is 0 Å². The van der Waals surface area contributed by atoms with Crippen LogP contribution in [0.5, 0.6) is 11.5 Å². The highest BCUT2D eigenvalue weighted by Crippen LogP contribution is 2.46. The molecule has 1 heterocycles. The monoisotopic (exact) mass is 509 g/mol. The summed E-state index contributed by atoms with van der Waals surface area (Å²) in [6, 6.07) is 3.45. The van der Waals surface area contributed by atoms with Crippen molar-refractivity contribution in [2.45, 2.75) is 46.0 Å². The molecule has 31 heavy (non-hydrogen) atoms. The van der Waals surface area contributed by atoms with E-state index in [1.54, 1.807) is 23.9 Å². The van der Waals surface area contributed by atoms with Crippen molar-refractivity contribution in [3.8, 4) is 11.5 Å². The molecule has 6 nitrogen and oxygen atoms in total. The number of aromatic hydroxyl groups is 1. The van der Waals surface area contributed by atoms with Crippen molar-refractivity contribution in [2.24, 2.45) is 0 Å². The Labute approximate surface area is 195 Å². The van der Waals surface area contributed by atoms with Gasteiger partial charge in [-0.1, -0.05) is 6.92 Å². The molecule has 1 aliphatic carbocycles. The summed E-state index contributed by atoms with van der Waals surface area (Å²) in [7, 11) is 0. The van der Waals surface area contributed by atoms with Gasteiger partial charge in [0.05, 0.1) is 16.7 Å². The molecule has 1 atom stereocenters. The number of rotatable bonds is 8. The van der Waals surface area contributed by atoms with Gasteiger partial charge in [0.15, 0.2) is 17.3 Å². The van der Waals surface area contributed by atoms with Crippen LogP contribution in [0, 0.1) is 0 Å². The van der Waals surface area contributed by atoms with E-state index in [4.69, 9.17) is 9.47 Å². The molecule has 0 fully saturated rings. The zero-order valence-corrected chi connectivity index (χ0v) is 20.5. The zero-order chi connectivity index (χ0) is 22.5. The molecule has 1 unspecified atom stereocenters. The lowest BCUT2D eigenvalue weighted by molar-refractivity contribution is -0.138. The van der Waals surface area contributed by atoms with Crippen LogP contribution in [0.15, 0.2) is 39.1 Å². The molecule has 2 aliphatic rings. The number of ketones is 1. The van der Waals surface area contributed by atoms with Crippen LogP contribution in [0.4, 0.5) is 0 Å². The highest BCUT2D eigenvalue weighted by molar-refractivity contribution is 9.10. The second kappa shape index (κ2) is 10.6. The van der Waals surface area contributed by atoms with Gasteiger partial charge in [0, 0.05) is 35.1 Å². The van der Waals surface area contributed by atoms with Gasteiger partial charge in [-0.3, -0.25) is 4.79 Å². The van der Waals surface area contributed by atoms with Gasteiger partial charge in [0.1, 0.15) is 6.61 Å². The van der Waals surface area contributed by atoms with E-state index in [9.17, 15) is 14.7 Å². The molecule has 0 saturated carbocycles. The first-order valence-electron chi connectivity index (χ1n) is 10.5. The average Bonchev–Trinajstić information content (AvgIpc) is 2.73. The Morgan fingerprint density at radius 2 is 2.10 bits per heavy atom. The zero-order valence-electron chi connectivity index (χ0n) is 18.0. The predicted octanol–water partition coefficient (Wildman–Crippen LogP) is 4.82. The summed E-state index contributed by atoms with van der Waals surface area (Å²) in [5, 5.41) is 13.6. The number of ether oxygens (including phenoxy) is 2. The molecule has 0 amide bonds. The number of Topliss-reactive ketones (excluding diaryl/α,β-unsaturated/α-hetero) is 1. The van der Waals surface area contributed by atoms with E-state index < -0.39 is 11.9 Å². The number of dihydropyridines is 1. The molecule has 2 N–H and O–H groups in total. The van der Waals surface area contributed by atoms with Crippen LogP contribution in [0.2, 0.25) is 0 Å². The molecule has 0 bridgehead atoms. The Bertz CT molecular complexity index is 940. The van der Waals surface area contributed by atoms with Crippen LogP contribution in [0.1, 0.15) is 51.5 Å². The fourth-order valence-corrected chi connectivity index (χ4v) is 4.98. The van der Waals surface area contributed by atoms with Crippen molar-refractivity contribution in [3.63, 3.8) is 0 Å². The molecule has 3 rings (SSSR count). The van der Waals surface area contributed by atoms with Gasteiger partial charge in [-0.15, -0.1) is 0 Å². The van der Waals surface area contributed by atoms with E-state index in [-0.39, 0.29) is 11.5 Å². The van der Waals surface area contributed by atoms with Crippen molar-refractivity contribution >= 4 is 39.4 Å². The van der Waals surface area contributed by atoms with Crippen molar-refractivity contribution in [2.75, 3.05) is 24.7 Å². The third-order valence-electron chi connectivity index (χ3n) is 5.34. The third-order valence-corrected chi connectivity index (χ3v) is 6.81. The van der Waals surface area contributed by atoms with E-state index in [0.717, 1.165) is 30.0 Å². The summed E-state index contributed by atoms with van der Waals surface area (Å²) in [4.78, 5) is 26.1. The van der Waals surface area contributed by atoms with Gasteiger partial charge in [-0.05, 0) is 66.1 Å². The van der Waals surface area contributed by atoms with Crippen LogP contribution >= 0.6 is 27.7 Å². The predicted molar refractivity (Wildman–Crippen MR) is 125 cm³/mol. The molecule has 168 valence electrons. The van der Waals surface area contributed by atoms with Crippen LogP contribution in [-0.4, -0.2) is 41.6 Å². The van der Waals surface area contributed by atoms with E-state index in [1.807, 2.05) is 13.8 Å². The number of allylic oxidation sites excluding steroid dienone is 3. The minimum absolute atomic E-state index is 0.00914. The average molecular weight is 510 g/mol.